The van der Waals surface area contributed by atoms with Gasteiger partial charge in [0.2, 0.25) is 0 Å². The number of hydrogen-bond donors (Lipinski definition) is 1. The smallest absolute Gasteiger partial charge is 0.306 e. The topological polar surface area (TPSA) is 72.8 Å². The van der Waals surface area contributed by atoms with Crippen LogP contribution in [0.2, 0.25) is 0 Å². The number of carbonyl (C=O) groups excluding carboxylic acids is 2. The van der Waals surface area contributed by atoms with Gasteiger partial charge < -0.3 is 14.6 Å². The van der Waals surface area contributed by atoms with Crippen LogP contribution in [0.3, 0.4) is 0 Å². The van der Waals surface area contributed by atoms with Gasteiger partial charge in [0, 0.05) is 12.8 Å². The second-order valence-corrected chi connectivity index (χ2v) is 29.3. The van der Waals surface area contributed by atoms with Gasteiger partial charge in [-0.1, -0.05) is 461 Å². The van der Waals surface area contributed by atoms with E-state index < -0.39 is 6.10 Å². The monoisotopic (exact) mass is 1290 g/mol. The molecule has 0 saturated heterocycles. The Morgan fingerprint density at radius 1 is 0.250 bits per heavy atom. The maximum Gasteiger partial charge on any atom is 0.306 e. The molecule has 0 saturated carbocycles. The number of hydrogen-bond acceptors (Lipinski definition) is 5. The third-order valence-corrected chi connectivity index (χ3v) is 19.9. The molecule has 0 aliphatic rings. The van der Waals surface area contributed by atoms with Crippen molar-refractivity contribution in [1.82, 2.24) is 0 Å². The summed E-state index contributed by atoms with van der Waals surface area (Å²) in [6, 6.07) is 0. The van der Waals surface area contributed by atoms with E-state index >= 15 is 0 Å². The molecule has 0 aliphatic heterocycles. The van der Waals surface area contributed by atoms with E-state index in [2.05, 4.69) is 50.3 Å². The number of esters is 2. The van der Waals surface area contributed by atoms with Crippen molar-refractivity contribution in [3.05, 3.63) is 36.5 Å². The highest BCUT2D eigenvalue weighted by molar-refractivity contribution is 5.70. The van der Waals surface area contributed by atoms with Crippen molar-refractivity contribution in [3.8, 4) is 0 Å². The van der Waals surface area contributed by atoms with Gasteiger partial charge in [-0.2, -0.15) is 0 Å². The molecule has 1 atom stereocenters. The number of ether oxygens (including phenoxy) is 2. The SMILES string of the molecule is CCCCCCC/C=C\C/C=C\C/C=C\CCCCCCCCCCCCCCCCCCCCCCCCCCC(=O)OC(CO)COC(=O)CCCCCCCCCCCCCCCCCCCCCCCCCCCCCCCCCCCCCCCCC. The molecule has 5 nitrogen and oxygen atoms in total. The average molecular weight is 1290 g/mol. The third-order valence-electron chi connectivity index (χ3n) is 19.9. The van der Waals surface area contributed by atoms with Crippen LogP contribution in [0.1, 0.15) is 489 Å². The van der Waals surface area contributed by atoms with Crippen LogP contribution in [0.5, 0.6) is 0 Å². The first-order chi connectivity index (χ1) is 45.6. The van der Waals surface area contributed by atoms with Crippen LogP contribution in [-0.4, -0.2) is 36.4 Å². The molecule has 0 aromatic carbocycles. The van der Waals surface area contributed by atoms with Crippen molar-refractivity contribution >= 4 is 11.9 Å². The number of rotatable bonds is 81. The summed E-state index contributed by atoms with van der Waals surface area (Å²) < 4.78 is 10.8. The van der Waals surface area contributed by atoms with Crippen molar-refractivity contribution in [2.45, 2.75) is 495 Å². The van der Waals surface area contributed by atoms with Crippen molar-refractivity contribution < 1.29 is 24.2 Å². The molecule has 0 spiro atoms. The van der Waals surface area contributed by atoms with E-state index in [9.17, 15) is 14.7 Å². The standard InChI is InChI=1S/C87H166O5/c1-3-5-7-9-11-13-15-17-19-21-23-25-27-29-31-33-35-37-39-41-43-45-47-49-51-53-55-57-59-61-63-65-67-69-71-73-75-77-79-81-86(89)91-84-85(83-88)92-87(90)82-80-78-76-74-72-70-68-66-64-62-60-58-56-54-52-50-48-46-44-42-40-38-36-34-32-30-28-26-24-22-20-18-16-14-12-10-8-6-4-2/h16,18,22,24,28,30,85,88H,3-15,17,19-21,23,25-27,29,31-84H2,1-2H3/b18-16-,24-22-,30-28-. The molecule has 0 bridgehead atoms. The highest BCUT2D eigenvalue weighted by Crippen LogP contribution is 2.21. The molecule has 0 aromatic rings. The van der Waals surface area contributed by atoms with Gasteiger partial charge in [0.1, 0.15) is 6.61 Å². The quantitative estimate of drug-likeness (QED) is 0.0373. The molecule has 92 heavy (non-hydrogen) atoms. The molecule has 0 fully saturated rings. The van der Waals surface area contributed by atoms with Gasteiger partial charge in [-0.25, -0.2) is 0 Å². The molecule has 0 aliphatic carbocycles. The molecule has 5 heteroatoms. The lowest BCUT2D eigenvalue weighted by atomic mass is 10.0. The van der Waals surface area contributed by atoms with E-state index in [1.807, 2.05) is 0 Å². The lowest BCUT2D eigenvalue weighted by Crippen LogP contribution is -2.28. The Labute approximate surface area is 577 Å². The zero-order valence-electron chi connectivity index (χ0n) is 62.9. The fourth-order valence-corrected chi connectivity index (χ4v) is 13.6. The molecule has 544 valence electrons. The Morgan fingerprint density at radius 2 is 0.435 bits per heavy atom. The summed E-state index contributed by atoms with van der Waals surface area (Å²) in [6.07, 6.45) is 113. The van der Waals surface area contributed by atoms with Crippen molar-refractivity contribution in [3.63, 3.8) is 0 Å². The minimum absolute atomic E-state index is 0.0576. The summed E-state index contributed by atoms with van der Waals surface area (Å²) in [6.45, 7) is 4.21. The summed E-state index contributed by atoms with van der Waals surface area (Å²) in [7, 11) is 0. The molecule has 0 amide bonds. The molecule has 1 unspecified atom stereocenters. The molecule has 0 heterocycles. The predicted octanol–water partition coefficient (Wildman–Crippen LogP) is 30.0. The molecule has 1 N–H and O–H groups in total. The normalized spacial score (nSPS) is 12.2. The molecule has 0 rings (SSSR count). The summed E-state index contributed by atoms with van der Waals surface area (Å²) in [4.78, 5) is 24.7. The van der Waals surface area contributed by atoms with Crippen LogP contribution in [-0.2, 0) is 19.1 Å². The number of aliphatic hydroxyl groups excluding tert-OH is 1. The van der Waals surface area contributed by atoms with Crippen molar-refractivity contribution in [2.24, 2.45) is 0 Å². The minimum Gasteiger partial charge on any atom is -0.462 e. The number of aliphatic hydroxyl groups is 1. The van der Waals surface area contributed by atoms with Crippen LogP contribution in [0, 0.1) is 0 Å². The van der Waals surface area contributed by atoms with E-state index in [0.29, 0.717) is 12.8 Å². The molecule has 0 aromatic heterocycles. The van der Waals surface area contributed by atoms with E-state index in [1.54, 1.807) is 0 Å². The summed E-state index contributed by atoms with van der Waals surface area (Å²) >= 11 is 0. The first-order valence-corrected chi connectivity index (χ1v) is 42.5. The summed E-state index contributed by atoms with van der Waals surface area (Å²) in [5.74, 6) is -0.559. The minimum atomic E-state index is -0.770. The third kappa shape index (κ3) is 80.6. The van der Waals surface area contributed by atoms with Gasteiger partial charge >= 0.3 is 11.9 Å². The van der Waals surface area contributed by atoms with Crippen molar-refractivity contribution in [1.29, 1.82) is 0 Å². The Balaban J connectivity index is 3.34. The van der Waals surface area contributed by atoms with Gasteiger partial charge in [0.25, 0.3) is 0 Å². The second kappa shape index (κ2) is 83.3. The highest BCUT2D eigenvalue weighted by atomic mass is 16.6. The first-order valence-electron chi connectivity index (χ1n) is 42.5. The Bertz CT molecular complexity index is 1470. The van der Waals surface area contributed by atoms with Gasteiger partial charge in [0.15, 0.2) is 6.10 Å². The van der Waals surface area contributed by atoms with Crippen LogP contribution in [0.15, 0.2) is 36.5 Å². The lowest BCUT2D eigenvalue weighted by molar-refractivity contribution is -0.161. The number of carbonyl (C=O) groups is 2. The Hall–Kier alpha value is -1.88. The lowest BCUT2D eigenvalue weighted by Gasteiger charge is -2.15. The van der Waals surface area contributed by atoms with Crippen LogP contribution < -0.4 is 0 Å². The second-order valence-electron chi connectivity index (χ2n) is 29.3. The molecular weight excluding hydrogens is 1120 g/mol. The number of allylic oxidation sites excluding steroid dienone is 6. The van der Waals surface area contributed by atoms with E-state index in [4.69, 9.17) is 9.47 Å². The van der Waals surface area contributed by atoms with E-state index in [1.165, 1.54) is 417 Å². The van der Waals surface area contributed by atoms with Crippen LogP contribution in [0.25, 0.3) is 0 Å². The van der Waals surface area contributed by atoms with Gasteiger partial charge in [-0.3, -0.25) is 9.59 Å². The fraction of sp³-hybridized carbons (Fsp3) is 0.908. The maximum absolute atomic E-state index is 12.4. The fourth-order valence-electron chi connectivity index (χ4n) is 13.6. The zero-order chi connectivity index (χ0) is 66.1. The largest absolute Gasteiger partial charge is 0.462 e. The Kier molecular flexibility index (Phi) is 81.6. The zero-order valence-corrected chi connectivity index (χ0v) is 62.9. The predicted molar refractivity (Wildman–Crippen MR) is 408 cm³/mol. The number of unbranched alkanes of at least 4 members (excludes halogenated alkanes) is 67. The first kappa shape index (κ1) is 90.1. The van der Waals surface area contributed by atoms with Crippen molar-refractivity contribution in [2.75, 3.05) is 13.2 Å². The van der Waals surface area contributed by atoms with Gasteiger partial charge in [-0.15, -0.1) is 0 Å². The van der Waals surface area contributed by atoms with Gasteiger partial charge in [-0.05, 0) is 51.4 Å². The van der Waals surface area contributed by atoms with E-state index in [-0.39, 0.29) is 25.2 Å². The van der Waals surface area contributed by atoms with Crippen LogP contribution >= 0.6 is 0 Å². The Morgan fingerprint density at radius 3 is 0.652 bits per heavy atom. The average Bonchev–Trinajstić information content (AvgIpc) is 3.75. The van der Waals surface area contributed by atoms with E-state index in [0.717, 1.165) is 44.9 Å². The van der Waals surface area contributed by atoms with Crippen LogP contribution in [0.4, 0.5) is 0 Å². The maximum atomic E-state index is 12.4. The summed E-state index contributed by atoms with van der Waals surface area (Å²) in [5.41, 5.74) is 0. The molecule has 0 radical (unpaired) electrons. The molecular formula is C87H166O5. The highest BCUT2D eigenvalue weighted by Gasteiger charge is 2.16. The van der Waals surface area contributed by atoms with Gasteiger partial charge in [0.05, 0.1) is 6.61 Å². The summed E-state index contributed by atoms with van der Waals surface area (Å²) in [5, 5.41) is 9.74.